The summed E-state index contributed by atoms with van der Waals surface area (Å²) in [5.74, 6) is 2.28. The molecule has 1 aliphatic rings. The molecule has 1 heterocycles. The Labute approximate surface area is 185 Å². The molecule has 2 aromatic rings. The normalized spacial score (nSPS) is 14.8. The van der Waals surface area contributed by atoms with Crippen molar-refractivity contribution in [2.24, 2.45) is 0 Å². The molecule has 6 nitrogen and oxygen atoms in total. The van der Waals surface area contributed by atoms with E-state index in [9.17, 15) is 4.79 Å². The summed E-state index contributed by atoms with van der Waals surface area (Å²) < 4.78 is 16.9. The summed E-state index contributed by atoms with van der Waals surface area (Å²) in [6, 6.07) is 15.5. The number of nitrogens with zero attached hydrogens (tertiary/aromatic N) is 2. The highest BCUT2D eigenvalue weighted by atomic mass is 16.5. The quantitative estimate of drug-likeness (QED) is 0.575. The van der Waals surface area contributed by atoms with Gasteiger partial charge in [-0.25, -0.2) is 0 Å². The third-order valence-corrected chi connectivity index (χ3v) is 5.07. The average Bonchev–Trinajstić information content (AvgIpc) is 2.79. The maximum Gasteiger partial charge on any atom is 0.246 e. The smallest absolute Gasteiger partial charge is 0.246 e. The van der Waals surface area contributed by atoms with E-state index in [2.05, 4.69) is 4.90 Å². The molecule has 1 amide bonds. The number of ether oxygens (including phenoxy) is 3. The van der Waals surface area contributed by atoms with Crippen LogP contribution in [0.25, 0.3) is 6.08 Å². The van der Waals surface area contributed by atoms with Crippen LogP contribution in [0.15, 0.2) is 54.6 Å². The molecule has 0 radical (unpaired) electrons. The molecule has 6 heteroatoms. The van der Waals surface area contributed by atoms with Gasteiger partial charge in [0.2, 0.25) is 5.91 Å². The zero-order valence-electron chi connectivity index (χ0n) is 18.6. The Morgan fingerprint density at radius 3 is 2.45 bits per heavy atom. The topological polar surface area (TPSA) is 51.2 Å². The number of piperazine rings is 1. The molecule has 0 spiro atoms. The van der Waals surface area contributed by atoms with Gasteiger partial charge >= 0.3 is 0 Å². The molecular weight excluding hydrogens is 392 g/mol. The van der Waals surface area contributed by atoms with Gasteiger partial charge in [-0.2, -0.15) is 0 Å². The lowest BCUT2D eigenvalue weighted by atomic mass is 10.1. The second kappa shape index (κ2) is 11.4. The third-order valence-electron chi connectivity index (χ3n) is 5.07. The van der Waals surface area contributed by atoms with Crippen LogP contribution in [0, 0.1) is 0 Å². The Morgan fingerprint density at radius 1 is 1.03 bits per heavy atom. The number of hydrogen-bond acceptors (Lipinski definition) is 5. The summed E-state index contributed by atoms with van der Waals surface area (Å²) in [6.45, 7) is 8.61. The van der Waals surface area contributed by atoms with Gasteiger partial charge in [0.15, 0.2) is 11.5 Å². The van der Waals surface area contributed by atoms with Crippen LogP contribution in [-0.4, -0.2) is 68.3 Å². The van der Waals surface area contributed by atoms with Crippen molar-refractivity contribution < 1.29 is 19.0 Å². The van der Waals surface area contributed by atoms with Gasteiger partial charge in [0.05, 0.1) is 13.2 Å². The van der Waals surface area contributed by atoms with E-state index in [0.717, 1.165) is 44.0 Å². The Morgan fingerprint density at radius 2 is 1.77 bits per heavy atom. The first-order chi connectivity index (χ1) is 15.0. The van der Waals surface area contributed by atoms with Crippen molar-refractivity contribution in [3.05, 3.63) is 60.2 Å². The predicted octanol–water partition coefficient (Wildman–Crippen LogP) is 3.72. The van der Waals surface area contributed by atoms with E-state index in [1.165, 1.54) is 0 Å². The second-order valence-corrected chi connectivity index (χ2v) is 7.74. The van der Waals surface area contributed by atoms with E-state index in [4.69, 9.17) is 14.2 Å². The van der Waals surface area contributed by atoms with Crippen molar-refractivity contribution in [2.45, 2.75) is 20.0 Å². The molecule has 1 saturated heterocycles. The summed E-state index contributed by atoms with van der Waals surface area (Å²) in [4.78, 5) is 16.8. The molecule has 0 unspecified atom stereocenters. The number of hydrogen-bond donors (Lipinski definition) is 0. The lowest BCUT2D eigenvalue weighted by molar-refractivity contribution is -0.127. The predicted molar refractivity (Wildman–Crippen MR) is 123 cm³/mol. The minimum absolute atomic E-state index is 0.0293. The molecule has 0 atom stereocenters. The van der Waals surface area contributed by atoms with Crippen LogP contribution in [0.1, 0.15) is 19.4 Å². The number of rotatable bonds is 9. The van der Waals surface area contributed by atoms with Crippen LogP contribution in [0.5, 0.6) is 17.2 Å². The van der Waals surface area contributed by atoms with E-state index in [0.29, 0.717) is 18.1 Å². The lowest BCUT2D eigenvalue weighted by Gasteiger charge is -2.34. The Hall–Kier alpha value is -2.99. The molecule has 2 aromatic carbocycles. The number of methoxy groups -OCH3 is 1. The zero-order valence-corrected chi connectivity index (χ0v) is 18.6. The minimum atomic E-state index is 0.0293. The van der Waals surface area contributed by atoms with Crippen molar-refractivity contribution in [2.75, 3.05) is 46.4 Å². The summed E-state index contributed by atoms with van der Waals surface area (Å²) in [6.07, 6.45) is 3.52. The summed E-state index contributed by atoms with van der Waals surface area (Å²) >= 11 is 0. The number of benzene rings is 2. The van der Waals surface area contributed by atoms with E-state index < -0.39 is 0 Å². The van der Waals surface area contributed by atoms with Crippen molar-refractivity contribution >= 4 is 12.0 Å². The first kappa shape index (κ1) is 22.7. The molecule has 1 fully saturated rings. The molecular formula is C25H32N2O4. The van der Waals surface area contributed by atoms with Crippen LogP contribution < -0.4 is 14.2 Å². The number of carbonyl (C=O) groups excluding carboxylic acids is 1. The lowest BCUT2D eigenvalue weighted by Crippen LogP contribution is -2.49. The Kier molecular flexibility index (Phi) is 8.35. The van der Waals surface area contributed by atoms with E-state index in [1.54, 1.807) is 13.2 Å². The van der Waals surface area contributed by atoms with Gasteiger partial charge in [-0.05, 0) is 49.8 Å². The standard InChI is InChI=1S/C25H32N2O4/c1-20(2)31-23-11-9-21(19-24(23)29-3)10-12-25(28)27-15-13-26(14-16-27)17-18-30-22-7-5-4-6-8-22/h4-12,19-20H,13-18H2,1-3H3/b12-10+. The highest BCUT2D eigenvalue weighted by molar-refractivity contribution is 5.92. The average molecular weight is 425 g/mol. The van der Waals surface area contributed by atoms with Gasteiger partial charge < -0.3 is 19.1 Å². The fourth-order valence-electron chi connectivity index (χ4n) is 3.41. The zero-order chi connectivity index (χ0) is 22.1. The molecule has 0 saturated carbocycles. The molecule has 0 N–H and O–H groups in total. The fraction of sp³-hybridized carbons (Fsp3) is 0.400. The third kappa shape index (κ3) is 7.03. The van der Waals surface area contributed by atoms with Crippen LogP contribution >= 0.6 is 0 Å². The van der Waals surface area contributed by atoms with Gasteiger partial charge in [-0.3, -0.25) is 9.69 Å². The monoisotopic (exact) mass is 424 g/mol. The van der Waals surface area contributed by atoms with Crippen LogP contribution in [-0.2, 0) is 4.79 Å². The highest BCUT2D eigenvalue weighted by Gasteiger charge is 2.19. The maximum atomic E-state index is 12.6. The summed E-state index contributed by atoms with van der Waals surface area (Å²) in [5, 5.41) is 0. The van der Waals surface area contributed by atoms with Crippen LogP contribution in [0.4, 0.5) is 0 Å². The van der Waals surface area contributed by atoms with E-state index in [-0.39, 0.29) is 12.0 Å². The minimum Gasteiger partial charge on any atom is -0.493 e. The Bertz CT molecular complexity index is 859. The van der Waals surface area contributed by atoms with E-state index in [1.807, 2.05) is 73.4 Å². The molecule has 0 bridgehead atoms. The number of carbonyl (C=O) groups is 1. The van der Waals surface area contributed by atoms with Gasteiger partial charge in [-0.15, -0.1) is 0 Å². The molecule has 0 aliphatic carbocycles. The van der Waals surface area contributed by atoms with Crippen molar-refractivity contribution in [1.82, 2.24) is 9.80 Å². The van der Waals surface area contributed by atoms with Crippen molar-refractivity contribution in [3.8, 4) is 17.2 Å². The largest absolute Gasteiger partial charge is 0.493 e. The van der Waals surface area contributed by atoms with Crippen LogP contribution in [0.2, 0.25) is 0 Å². The molecule has 31 heavy (non-hydrogen) atoms. The Balaban J connectivity index is 1.44. The SMILES string of the molecule is COc1cc(/C=C/C(=O)N2CCN(CCOc3ccccc3)CC2)ccc1OC(C)C. The molecule has 3 rings (SSSR count). The molecule has 1 aliphatic heterocycles. The summed E-state index contributed by atoms with van der Waals surface area (Å²) in [7, 11) is 1.62. The number of para-hydroxylation sites is 1. The van der Waals surface area contributed by atoms with Gasteiger partial charge in [-0.1, -0.05) is 24.3 Å². The number of amides is 1. The fourth-order valence-corrected chi connectivity index (χ4v) is 3.41. The van der Waals surface area contributed by atoms with Crippen molar-refractivity contribution in [3.63, 3.8) is 0 Å². The van der Waals surface area contributed by atoms with Gasteiger partial charge in [0.25, 0.3) is 0 Å². The molecule has 0 aromatic heterocycles. The van der Waals surface area contributed by atoms with E-state index >= 15 is 0 Å². The van der Waals surface area contributed by atoms with Gasteiger partial charge in [0.1, 0.15) is 12.4 Å². The van der Waals surface area contributed by atoms with Gasteiger partial charge in [0, 0.05) is 38.8 Å². The second-order valence-electron chi connectivity index (χ2n) is 7.74. The highest BCUT2D eigenvalue weighted by Crippen LogP contribution is 2.29. The maximum absolute atomic E-state index is 12.6. The first-order valence-corrected chi connectivity index (χ1v) is 10.8. The van der Waals surface area contributed by atoms with Crippen LogP contribution in [0.3, 0.4) is 0 Å². The van der Waals surface area contributed by atoms with Crippen molar-refractivity contribution in [1.29, 1.82) is 0 Å². The molecule has 166 valence electrons. The first-order valence-electron chi connectivity index (χ1n) is 10.8. The summed E-state index contributed by atoms with van der Waals surface area (Å²) in [5.41, 5.74) is 0.901.